The molecule has 2 fully saturated rings. The normalized spacial score (nSPS) is 20.7. The molecule has 24 heavy (non-hydrogen) atoms. The van der Waals surface area contributed by atoms with Crippen LogP contribution in [0.25, 0.3) is 0 Å². The minimum Gasteiger partial charge on any atom is -0.379 e. The van der Waals surface area contributed by atoms with Gasteiger partial charge in [-0.2, -0.15) is 11.3 Å². The quantitative estimate of drug-likeness (QED) is 0.255. The van der Waals surface area contributed by atoms with Crippen molar-refractivity contribution in [3.63, 3.8) is 0 Å². The monoisotopic (exact) mass is 465 g/mol. The molecule has 3 rings (SSSR count). The Bertz CT molecular complexity index is 474. The van der Waals surface area contributed by atoms with Crippen molar-refractivity contribution in [2.45, 2.75) is 50.8 Å². The molecule has 1 aliphatic carbocycles. The Hall–Kier alpha value is -0.380. The number of hydrogen-bond acceptors (Lipinski definition) is 4. The van der Waals surface area contributed by atoms with Gasteiger partial charge in [0.25, 0.3) is 0 Å². The van der Waals surface area contributed by atoms with Gasteiger partial charge in [0.05, 0.1) is 19.3 Å². The van der Waals surface area contributed by atoms with E-state index >= 15 is 0 Å². The van der Waals surface area contributed by atoms with Gasteiger partial charge in [0.1, 0.15) is 0 Å². The Morgan fingerprint density at radius 1 is 1.38 bits per heavy atom. The summed E-state index contributed by atoms with van der Waals surface area (Å²) in [4.78, 5) is 4.67. The summed E-state index contributed by atoms with van der Waals surface area (Å²) in [5.41, 5.74) is 1.27. The highest BCUT2D eigenvalue weighted by Crippen LogP contribution is 2.18. The van der Waals surface area contributed by atoms with Crippen LogP contribution in [-0.4, -0.2) is 44.5 Å². The maximum absolute atomic E-state index is 5.69. The second-order valence-corrected chi connectivity index (χ2v) is 6.99. The molecule has 0 aromatic carbocycles. The third kappa shape index (κ3) is 7.67. The van der Waals surface area contributed by atoms with Crippen LogP contribution in [0.15, 0.2) is 21.8 Å². The van der Waals surface area contributed by atoms with Gasteiger partial charge in [0, 0.05) is 25.8 Å². The second kappa shape index (κ2) is 11.3. The molecule has 0 bridgehead atoms. The molecule has 1 saturated carbocycles. The van der Waals surface area contributed by atoms with Gasteiger partial charge in [-0.25, -0.2) is 4.99 Å². The molecule has 1 aromatic rings. The number of ether oxygens (including phenoxy) is 2. The highest BCUT2D eigenvalue weighted by atomic mass is 127. The summed E-state index contributed by atoms with van der Waals surface area (Å²) in [5.74, 6) is 0.929. The van der Waals surface area contributed by atoms with Gasteiger partial charge in [-0.05, 0) is 54.5 Å². The predicted molar refractivity (Wildman–Crippen MR) is 109 cm³/mol. The minimum absolute atomic E-state index is 0. The number of hydrogen-bond donors (Lipinski definition) is 2. The van der Waals surface area contributed by atoms with E-state index in [1.54, 1.807) is 11.3 Å². The number of thiophene rings is 1. The predicted octanol–water partition coefficient (Wildman–Crippen LogP) is 3.15. The van der Waals surface area contributed by atoms with Crippen LogP contribution in [0.5, 0.6) is 0 Å². The van der Waals surface area contributed by atoms with Crippen LogP contribution in [0.3, 0.4) is 0 Å². The smallest absolute Gasteiger partial charge is 0.191 e. The lowest BCUT2D eigenvalue weighted by Gasteiger charge is -2.13. The number of nitrogens with zero attached hydrogens (tertiary/aromatic N) is 1. The van der Waals surface area contributed by atoms with E-state index in [0.29, 0.717) is 12.1 Å². The SMILES string of the molecule is I.c1cc(CN=C(NCCCOCC2CCCO2)NC2CC2)cs1. The Labute approximate surface area is 165 Å². The van der Waals surface area contributed by atoms with E-state index in [4.69, 9.17) is 9.47 Å². The Morgan fingerprint density at radius 3 is 3.00 bits per heavy atom. The third-order valence-electron chi connectivity index (χ3n) is 4.00. The molecule has 2 aliphatic rings. The van der Waals surface area contributed by atoms with Crippen molar-refractivity contribution < 1.29 is 9.47 Å². The van der Waals surface area contributed by atoms with E-state index in [2.05, 4.69) is 32.5 Å². The fraction of sp³-hybridized carbons (Fsp3) is 0.706. The highest BCUT2D eigenvalue weighted by molar-refractivity contribution is 14.0. The van der Waals surface area contributed by atoms with Crippen molar-refractivity contribution >= 4 is 41.3 Å². The zero-order valence-corrected chi connectivity index (χ0v) is 17.2. The van der Waals surface area contributed by atoms with Crippen LogP contribution in [0.1, 0.15) is 37.7 Å². The zero-order chi connectivity index (χ0) is 15.7. The van der Waals surface area contributed by atoms with Crippen molar-refractivity contribution in [2.75, 3.05) is 26.4 Å². The maximum atomic E-state index is 5.69. The summed E-state index contributed by atoms with van der Waals surface area (Å²) in [7, 11) is 0. The van der Waals surface area contributed by atoms with Crippen molar-refractivity contribution in [1.82, 2.24) is 10.6 Å². The first kappa shape index (κ1) is 19.9. The first-order chi connectivity index (χ1) is 11.4. The van der Waals surface area contributed by atoms with E-state index in [1.165, 1.54) is 24.8 Å². The van der Waals surface area contributed by atoms with Crippen LogP contribution in [-0.2, 0) is 16.0 Å². The molecule has 2 heterocycles. The number of guanidine groups is 1. The fourth-order valence-electron chi connectivity index (χ4n) is 2.50. The number of aliphatic imine (C=N–C) groups is 1. The van der Waals surface area contributed by atoms with Gasteiger partial charge >= 0.3 is 0 Å². The van der Waals surface area contributed by atoms with Crippen molar-refractivity contribution in [3.8, 4) is 0 Å². The minimum atomic E-state index is 0. The maximum Gasteiger partial charge on any atom is 0.191 e. The van der Waals surface area contributed by atoms with E-state index in [9.17, 15) is 0 Å². The summed E-state index contributed by atoms with van der Waals surface area (Å²) in [6.45, 7) is 4.02. The van der Waals surface area contributed by atoms with Gasteiger partial charge in [-0.3, -0.25) is 0 Å². The summed E-state index contributed by atoms with van der Waals surface area (Å²) >= 11 is 1.72. The summed E-state index contributed by atoms with van der Waals surface area (Å²) in [5, 5.41) is 11.1. The first-order valence-corrected chi connectivity index (χ1v) is 9.60. The van der Waals surface area contributed by atoms with Crippen LogP contribution < -0.4 is 10.6 Å². The van der Waals surface area contributed by atoms with Gasteiger partial charge in [0.15, 0.2) is 5.96 Å². The number of halogens is 1. The van der Waals surface area contributed by atoms with Crippen molar-refractivity contribution in [3.05, 3.63) is 22.4 Å². The molecule has 2 N–H and O–H groups in total. The Morgan fingerprint density at radius 2 is 2.29 bits per heavy atom. The van der Waals surface area contributed by atoms with Crippen LogP contribution in [0.2, 0.25) is 0 Å². The van der Waals surface area contributed by atoms with Crippen LogP contribution in [0, 0.1) is 0 Å². The molecule has 0 radical (unpaired) electrons. The average molecular weight is 465 g/mol. The van der Waals surface area contributed by atoms with Crippen molar-refractivity contribution in [2.24, 2.45) is 4.99 Å². The second-order valence-electron chi connectivity index (χ2n) is 6.21. The molecule has 136 valence electrons. The molecule has 0 spiro atoms. The third-order valence-corrected chi connectivity index (χ3v) is 4.74. The molecule has 5 nitrogen and oxygen atoms in total. The van der Waals surface area contributed by atoms with Crippen LogP contribution >= 0.6 is 35.3 Å². The molecular formula is C17H28IN3O2S. The van der Waals surface area contributed by atoms with E-state index in [1.807, 2.05) is 0 Å². The van der Waals surface area contributed by atoms with Gasteiger partial charge in [-0.15, -0.1) is 24.0 Å². The van der Waals surface area contributed by atoms with Gasteiger partial charge < -0.3 is 20.1 Å². The molecular weight excluding hydrogens is 437 g/mol. The number of rotatable bonds is 9. The summed E-state index contributed by atoms with van der Waals surface area (Å²) < 4.78 is 11.2. The summed E-state index contributed by atoms with van der Waals surface area (Å²) in [6, 6.07) is 2.74. The van der Waals surface area contributed by atoms with E-state index < -0.39 is 0 Å². The lowest BCUT2D eigenvalue weighted by molar-refractivity contribution is 0.0168. The largest absolute Gasteiger partial charge is 0.379 e. The Balaban J connectivity index is 0.00000208. The summed E-state index contributed by atoms with van der Waals surface area (Å²) in [6.07, 6.45) is 6.13. The Kier molecular flexibility index (Phi) is 9.37. The standard InChI is InChI=1S/C17H27N3O2S.HI/c1-3-16(22-9-1)12-21-8-2-7-18-17(20-15-4-5-15)19-11-14-6-10-23-13-14;/h6,10,13,15-16H,1-5,7-9,11-12H2,(H2,18,19,20);1H. The lowest BCUT2D eigenvalue weighted by atomic mass is 10.2. The average Bonchev–Trinajstić information content (AvgIpc) is 3.04. The van der Waals surface area contributed by atoms with E-state index in [-0.39, 0.29) is 24.0 Å². The molecule has 0 amide bonds. The van der Waals surface area contributed by atoms with Gasteiger partial charge in [0.2, 0.25) is 0 Å². The van der Waals surface area contributed by atoms with Crippen molar-refractivity contribution in [1.29, 1.82) is 0 Å². The molecule has 1 aromatic heterocycles. The number of nitrogens with one attached hydrogen (secondary N) is 2. The lowest BCUT2D eigenvalue weighted by Crippen LogP contribution is -2.39. The van der Waals surface area contributed by atoms with Crippen LogP contribution in [0.4, 0.5) is 0 Å². The first-order valence-electron chi connectivity index (χ1n) is 8.65. The molecule has 1 atom stereocenters. The molecule has 7 heteroatoms. The zero-order valence-electron chi connectivity index (χ0n) is 14.0. The topological polar surface area (TPSA) is 54.9 Å². The molecule has 1 unspecified atom stereocenters. The molecule has 1 aliphatic heterocycles. The van der Waals surface area contributed by atoms with Gasteiger partial charge in [-0.1, -0.05) is 0 Å². The van der Waals surface area contributed by atoms with E-state index in [0.717, 1.165) is 51.7 Å². The fourth-order valence-corrected chi connectivity index (χ4v) is 3.16. The molecule has 1 saturated heterocycles. The highest BCUT2D eigenvalue weighted by Gasteiger charge is 2.22.